The third kappa shape index (κ3) is 9.26. The molecule has 2 aliphatic heterocycles. The Morgan fingerprint density at radius 3 is 1.64 bits per heavy atom. The standard InChI is InChI=1S/C19H12NO2.2C16H13NO.Ir/c1-12-5-7-17-14(10-12)19(21)15-11-13(6-8-18(15)22-17)16-4-2-3-9-20-16;2*1-2-14-8-6-13-11-12(7-9-16(13)18-14)15-5-3-4-10-17-15;/h2-5,7-11H,1H3;2*2-5,7-11H,1,6H2;/q-1;;;. The SMILES string of the molecule is C=CC1=CCc2cc(-c3ccccn3)ccc2O1.C=CC1=CCc2cc(-c3ccccn3)ccc2O1.Cc1ccc2oc3c[c-]c(-c4ccccn4)cc3c(=O)c2c1.[Ir]. The Morgan fingerprint density at radius 2 is 1.14 bits per heavy atom. The Bertz CT molecular complexity index is 2790. The fraction of sp³-hybridized carbons (Fsp3) is 0.0588. The number of fused-ring (bicyclic) bond motifs is 4. The minimum Gasteiger partial charge on any atom is -0.500 e. The Kier molecular flexibility index (Phi) is 12.6. The first-order valence-electron chi connectivity index (χ1n) is 18.9. The molecule has 8 aromatic rings. The molecule has 0 unspecified atom stereocenters. The van der Waals surface area contributed by atoms with Gasteiger partial charge in [-0.15, -0.1) is 23.8 Å². The Hall–Kier alpha value is -6.99. The summed E-state index contributed by atoms with van der Waals surface area (Å²) in [5.41, 5.74) is 10.3. The van der Waals surface area contributed by atoms with Gasteiger partial charge < -0.3 is 18.9 Å². The van der Waals surface area contributed by atoms with Gasteiger partial charge in [0, 0.05) is 49.8 Å². The van der Waals surface area contributed by atoms with E-state index in [1.807, 2.05) is 116 Å². The number of nitrogens with zero attached hydrogens (tertiary/aromatic N) is 3. The van der Waals surface area contributed by atoms with Gasteiger partial charge >= 0.3 is 0 Å². The van der Waals surface area contributed by atoms with Gasteiger partial charge in [0.15, 0.2) is 5.43 Å². The van der Waals surface area contributed by atoms with E-state index in [9.17, 15) is 4.79 Å². The van der Waals surface area contributed by atoms with Gasteiger partial charge in [-0.1, -0.05) is 49.1 Å². The molecule has 4 aromatic heterocycles. The van der Waals surface area contributed by atoms with Gasteiger partial charge in [0.2, 0.25) is 0 Å². The van der Waals surface area contributed by atoms with Crippen molar-refractivity contribution < 1.29 is 34.0 Å². The molecule has 291 valence electrons. The number of allylic oxidation sites excluding steroid dienone is 4. The molecule has 0 atom stereocenters. The molecule has 1 radical (unpaired) electrons. The van der Waals surface area contributed by atoms with Gasteiger partial charge in [-0.2, -0.15) is 0 Å². The molecule has 6 heterocycles. The average molecular weight is 949 g/mol. The van der Waals surface area contributed by atoms with Crippen molar-refractivity contribution >= 4 is 21.9 Å². The summed E-state index contributed by atoms with van der Waals surface area (Å²) in [5, 5.41) is 1.16. The normalized spacial score (nSPS) is 12.2. The molecule has 0 N–H and O–H groups in total. The van der Waals surface area contributed by atoms with Gasteiger partial charge in [0.1, 0.15) is 28.6 Å². The molecule has 10 rings (SSSR count). The molecule has 0 amide bonds. The van der Waals surface area contributed by atoms with Gasteiger partial charge in [-0.3, -0.25) is 14.8 Å². The summed E-state index contributed by atoms with van der Waals surface area (Å²) in [4.78, 5) is 25.7. The summed E-state index contributed by atoms with van der Waals surface area (Å²) in [5.74, 6) is 3.47. The quantitative estimate of drug-likeness (QED) is 0.125. The van der Waals surface area contributed by atoms with Crippen LogP contribution in [0, 0.1) is 13.0 Å². The zero-order valence-corrected chi connectivity index (χ0v) is 34.6. The summed E-state index contributed by atoms with van der Waals surface area (Å²) in [7, 11) is 0. The van der Waals surface area contributed by atoms with Crippen LogP contribution in [0.3, 0.4) is 0 Å². The summed E-state index contributed by atoms with van der Waals surface area (Å²) in [6, 6.07) is 42.1. The second-order valence-corrected chi connectivity index (χ2v) is 13.6. The van der Waals surface area contributed by atoms with E-state index >= 15 is 0 Å². The zero-order valence-electron chi connectivity index (χ0n) is 32.2. The van der Waals surface area contributed by atoms with Gasteiger partial charge in [0.05, 0.1) is 22.4 Å². The largest absolute Gasteiger partial charge is 0.500 e. The van der Waals surface area contributed by atoms with Crippen molar-refractivity contribution in [1.29, 1.82) is 0 Å². The van der Waals surface area contributed by atoms with E-state index in [4.69, 9.17) is 13.9 Å². The fourth-order valence-corrected chi connectivity index (χ4v) is 6.65. The molecule has 7 nitrogen and oxygen atoms in total. The minimum absolute atomic E-state index is 0. The van der Waals surface area contributed by atoms with E-state index in [0.29, 0.717) is 21.9 Å². The fourth-order valence-electron chi connectivity index (χ4n) is 6.65. The summed E-state index contributed by atoms with van der Waals surface area (Å²) < 4.78 is 17.2. The molecule has 0 fully saturated rings. The number of aromatic nitrogens is 3. The predicted octanol–water partition coefficient (Wildman–Crippen LogP) is 11.6. The summed E-state index contributed by atoms with van der Waals surface area (Å²) in [6.07, 6.45) is 14.6. The van der Waals surface area contributed by atoms with E-state index in [1.54, 1.807) is 42.9 Å². The maximum absolute atomic E-state index is 12.7. The van der Waals surface area contributed by atoms with Crippen LogP contribution in [0.2, 0.25) is 0 Å². The summed E-state index contributed by atoms with van der Waals surface area (Å²) in [6.45, 7) is 9.40. The first-order chi connectivity index (χ1) is 28.4. The molecule has 0 bridgehead atoms. The smallest absolute Gasteiger partial charge is 0.182 e. The van der Waals surface area contributed by atoms with Crippen LogP contribution in [0.1, 0.15) is 16.7 Å². The van der Waals surface area contributed by atoms with Crippen LogP contribution in [-0.2, 0) is 32.9 Å². The minimum atomic E-state index is -0.0221. The number of hydrogen-bond acceptors (Lipinski definition) is 7. The van der Waals surface area contributed by atoms with Crippen LogP contribution in [-0.4, -0.2) is 15.0 Å². The van der Waals surface area contributed by atoms with Crippen LogP contribution >= 0.6 is 0 Å². The molecule has 0 spiro atoms. The maximum Gasteiger partial charge on any atom is 0.182 e. The maximum atomic E-state index is 12.7. The van der Waals surface area contributed by atoms with Crippen molar-refractivity contribution in [1.82, 2.24) is 15.0 Å². The molecular weight excluding hydrogens is 911 g/mol. The Balaban J connectivity index is 0.000000134. The van der Waals surface area contributed by atoms with Gasteiger partial charge in [0.25, 0.3) is 0 Å². The number of pyridine rings is 3. The van der Waals surface area contributed by atoms with Crippen molar-refractivity contribution in [3.8, 4) is 45.3 Å². The molecule has 8 heteroatoms. The van der Waals surface area contributed by atoms with Crippen molar-refractivity contribution in [2.75, 3.05) is 0 Å². The van der Waals surface area contributed by atoms with Crippen molar-refractivity contribution in [3.63, 3.8) is 0 Å². The van der Waals surface area contributed by atoms with Crippen molar-refractivity contribution in [3.05, 3.63) is 222 Å². The molecule has 2 aliphatic rings. The third-order valence-electron chi connectivity index (χ3n) is 9.64. The third-order valence-corrected chi connectivity index (χ3v) is 9.64. The molecular formula is C51H38IrN3O4-. The molecule has 59 heavy (non-hydrogen) atoms. The van der Waals surface area contributed by atoms with E-state index in [2.05, 4.69) is 46.3 Å². The molecule has 0 saturated heterocycles. The van der Waals surface area contributed by atoms with E-state index in [-0.39, 0.29) is 25.5 Å². The molecule has 0 saturated carbocycles. The first kappa shape index (κ1) is 40.2. The Morgan fingerprint density at radius 1 is 0.610 bits per heavy atom. The molecule has 0 aliphatic carbocycles. The van der Waals surface area contributed by atoms with Gasteiger partial charge in [-0.05, 0) is 145 Å². The summed E-state index contributed by atoms with van der Waals surface area (Å²) >= 11 is 0. The molecule has 4 aromatic carbocycles. The second kappa shape index (κ2) is 18.5. The zero-order chi connectivity index (χ0) is 39.8. The predicted molar refractivity (Wildman–Crippen MR) is 231 cm³/mol. The monoisotopic (exact) mass is 949 g/mol. The van der Waals surface area contributed by atoms with Crippen LogP contribution in [0.25, 0.3) is 55.7 Å². The first-order valence-corrected chi connectivity index (χ1v) is 18.9. The van der Waals surface area contributed by atoms with Crippen molar-refractivity contribution in [2.24, 2.45) is 0 Å². The van der Waals surface area contributed by atoms with Crippen LogP contribution in [0.4, 0.5) is 0 Å². The van der Waals surface area contributed by atoms with E-state index < -0.39 is 0 Å². The van der Waals surface area contributed by atoms with E-state index in [1.165, 1.54) is 11.1 Å². The Labute approximate surface area is 356 Å². The topological polar surface area (TPSA) is 87.3 Å². The number of aryl methyl sites for hydroxylation is 1. The van der Waals surface area contributed by atoms with Crippen LogP contribution in [0.15, 0.2) is 198 Å². The second-order valence-electron chi connectivity index (χ2n) is 13.6. The average Bonchev–Trinajstić information content (AvgIpc) is 3.30. The van der Waals surface area contributed by atoms with Crippen LogP contribution in [0.5, 0.6) is 11.5 Å². The van der Waals surface area contributed by atoms with E-state index in [0.717, 1.165) is 75.2 Å². The van der Waals surface area contributed by atoms with Crippen LogP contribution < -0.4 is 14.9 Å². The van der Waals surface area contributed by atoms with Gasteiger partial charge in [-0.25, -0.2) is 0 Å². The number of benzene rings is 4. The van der Waals surface area contributed by atoms with Crippen molar-refractivity contribution in [2.45, 2.75) is 19.8 Å². The number of rotatable bonds is 5. The number of hydrogen-bond donors (Lipinski definition) is 0. The number of ether oxygens (including phenoxy) is 2.